The summed E-state index contributed by atoms with van der Waals surface area (Å²) in [5.74, 6) is 1.17. The summed E-state index contributed by atoms with van der Waals surface area (Å²) in [5, 5.41) is 3.97. The third-order valence-electron chi connectivity index (χ3n) is 9.23. The van der Waals surface area contributed by atoms with Gasteiger partial charge in [0.1, 0.15) is 0 Å². The van der Waals surface area contributed by atoms with Crippen molar-refractivity contribution in [3.8, 4) is 56.4 Å². The Morgan fingerprint density at radius 1 is 0.417 bits per heavy atom. The van der Waals surface area contributed by atoms with Crippen LogP contribution in [0.25, 0.3) is 100 Å². The summed E-state index contributed by atoms with van der Waals surface area (Å²) >= 11 is 0. The number of hydrogen-bond acceptors (Lipinski definition) is 4. The molecule has 0 N–H and O–H groups in total. The van der Waals surface area contributed by atoms with Gasteiger partial charge in [-0.15, -0.1) is 0 Å². The molecule has 8 aromatic rings. The molecule has 0 aliphatic carbocycles. The smallest absolute Gasteiger partial charge is 0.435 e. The maximum atomic E-state index is 5.47. The first-order valence-corrected chi connectivity index (χ1v) is 15.7. The third kappa shape index (κ3) is 4.14. The largest absolute Gasteiger partial charge is 2.00 e. The second-order valence-electron chi connectivity index (χ2n) is 11.9. The standard InChI is InChI=1S/C41H24N6.Zn/c1-23-34-25-15-5-6-16-26(25)36(42-34)33(24-13-3-2-4-14-24)37-28-18-8-10-20-30(28)39(44-37)46-41-32-22-12-11-21-31(32)40(47-41)45-38-29-19-9-7-17-27(29)35(23)43-38;/h2-22H,1H3;/q-2;+2. The number of fused-ring (bicyclic) bond motifs is 20. The Balaban J connectivity index is 0.00000314. The molecule has 5 heterocycles. The summed E-state index contributed by atoms with van der Waals surface area (Å²) in [6, 6.07) is 43.5. The zero-order valence-electron chi connectivity index (χ0n) is 26.0. The second-order valence-corrected chi connectivity index (χ2v) is 11.9. The molecule has 2 aliphatic heterocycles. The first-order valence-electron chi connectivity index (χ1n) is 15.7. The average molecular weight is 666 g/mol. The van der Waals surface area contributed by atoms with Crippen molar-refractivity contribution in [2.24, 2.45) is 0 Å². The predicted octanol–water partition coefficient (Wildman–Crippen LogP) is 9.31. The van der Waals surface area contributed by atoms with E-state index in [4.69, 9.17) is 29.9 Å². The third-order valence-corrected chi connectivity index (χ3v) is 9.23. The molecule has 0 spiro atoms. The molecule has 0 saturated carbocycles. The molecule has 0 unspecified atom stereocenters. The Hall–Kier alpha value is -5.78. The topological polar surface area (TPSA) is 79.8 Å². The van der Waals surface area contributed by atoms with E-state index in [0.29, 0.717) is 22.9 Å². The van der Waals surface area contributed by atoms with Crippen molar-refractivity contribution in [3.63, 3.8) is 0 Å². The van der Waals surface area contributed by atoms with Crippen LogP contribution in [0.5, 0.6) is 0 Å². The zero-order valence-corrected chi connectivity index (χ0v) is 29.0. The van der Waals surface area contributed by atoms with Crippen LogP contribution < -0.4 is 9.97 Å². The van der Waals surface area contributed by atoms with E-state index < -0.39 is 0 Å². The van der Waals surface area contributed by atoms with Gasteiger partial charge in [-0.25, -0.2) is 4.98 Å². The minimum atomic E-state index is 0. The molecule has 0 radical (unpaired) electrons. The number of aromatic nitrogens is 6. The molecule has 7 heteroatoms. The van der Waals surface area contributed by atoms with E-state index >= 15 is 0 Å². The Morgan fingerprint density at radius 2 is 0.875 bits per heavy atom. The summed E-state index contributed by atoms with van der Waals surface area (Å²) in [6.45, 7) is 2.11. The summed E-state index contributed by atoms with van der Waals surface area (Å²) in [4.78, 5) is 31.2. The first-order chi connectivity index (χ1) is 23.2. The van der Waals surface area contributed by atoms with Crippen LogP contribution in [0.15, 0.2) is 127 Å². The van der Waals surface area contributed by atoms with Crippen molar-refractivity contribution in [2.75, 3.05) is 0 Å². The maximum Gasteiger partial charge on any atom is 2.00 e. The molecule has 220 valence electrons. The van der Waals surface area contributed by atoms with E-state index in [1.54, 1.807) is 0 Å². The van der Waals surface area contributed by atoms with Crippen molar-refractivity contribution < 1.29 is 19.5 Å². The van der Waals surface area contributed by atoms with E-state index in [1.165, 1.54) is 0 Å². The van der Waals surface area contributed by atoms with Crippen molar-refractivity contribution in [3.05, 3.63) is 133 Å². The van der Waals surface area contributed by atoms with Crippen LogP contribution in [0.2, 0.25) is 0 Å². The van der Waals surface area contributed by atoms with Gasteiger partial charge in [0.25, 0.3) is 0 Å². The Morgan fingerprint density at radius 3 is 1.48 bits per heavy atom. The van der Waals surface area contributed by atoms with Gasteiger partial charge in [-0.05, 0) is 61.9 Å². The van der Waals surface area contributed by atoms with Gasteiger partial charge in [0.2, 0.25) is 0 Å². The Bertz CT molecular complexity index is 2760. The van der Waals surface area contributed by atoms with E-state index in [-0.39, 0.29) is 19.5 Å². The quantitative estimate of drug-likeness (QED) is 0.163. The molecule has 6 nitrogen and oxygen atoms in total. The van der Waals surface area contributed by atoms with Gasteiger partial charge in [0, 0.05) is 27.8 Å². The number of benzene rings is 5. The number of aryl methyl sites for hydroxylation is 1. The normalized spacial score (nSPS) is 11.7. The second kappa shape index (κ2) is 10.9. The molecular formula is C41H24N6Zn. The number of nitrogens with zero attached hydrogens (tertiary/aromatic N) is 6. The molecular weight excluding hydrogens is 642 g/mol. The molecule has 0 fully saturated rings. The molecule has 0 amide bonds. The van der Waals surface area contributed by atoms with E-state index in [1.807, 2.05) is 48.5 Å². The van der Waals surface area contributed by atoms with Crippen LogP contribution in [0.1, 0.15) is 5.56 Å². The van der Waals surface area contributed by atoms with Gasteiger partial charge < -0.3 is 19.9 Å². The molecule has 0 saturated heterocycles. The summed E-state index contributed by atoms with van der Waals surface area (Å²) < 4.78 is 0. The van der Waals surface area contributed by atoms with E-state index in [0.717, 1.165) is 82.9 Å². The van der Waals surface area contributed by atoms with Gasteiger partial charge in [-0.2, -0.15) is 0 Å². The Kier molecular flexibility index (Phi) is 6.46. The van der Waals surface area contributed by atoms with Crippen LogP contribution in [-0.2, 0) is 19.5 Å². The van der Waals surface area contributed by atoms with Crippen molar-refractivity contribution in [1.29, 1.82) is 0 Å². The van der Waals surface area contributed by atoms with Gasteiger partial charge in [0.15, 0.2) is 0 Å². The first kappa shape index (κ1) is 28.4. The molecule has 8 bridgehead atoms. The molecule has 3 aromatic heterocycles. The monoisotopic (exact) mass is 664 g/mol. The van der Waals surface area contributed by atoms with Gasteiger partial charge in [-0.1, -0.05) is 127 Å². The molecule has 10 rings (SSSR count). The van der Waals surface area contributed by atoms with Gasteiger partial charge in [-0.3, -0.25) is 4.98 Å². The van der Waals surface area contributed by atoms with E-state index in [9.17, 15) is 0 Å². The fourth-order valence-electron chi connectivity index (χ4n) is 7.04. The predicted molar refractivity (Wildman–Crippen MR) is 189 cm³/mol. The fraction of sp³-hybridized carbons (Fsp3) is 0.0244. The summed E-state index contributed by atoms with van der Waals surface area (Å²) in [5.41, 5.74) is 11.7. The minimum Gasteiger partial charge on any atom is -0.435 e. The molecule has 48 heavy (non-hydrogen) atoms. The van der Waals surface area contributed by atoms with Crippen LogP contribution in [0.3, 0.4) is 0 Å². The number of hydrogen-bond donors (Lipinski definition) is 0. The van der Waals surface area contributed by atoms with Gasteiger partial charge in [0.05, 0.1) is 23.0 Å². The molecule has 2 aliphatic rings. The summed E-state index contributed by atoms with van der Waals surface area (Å²) in [6.07, 6.45) is 0. The average Bonchev–Trinajstić information content (AvgIpc) is 3.88. The minimum absolute atomic E-state index is 0. The van der Waals surface area contributed by atoms with Crippen LogP contribution in [-0.4, -0.2) is 19.9 Å². The zero-order chi connectivity index (χ0) is 31.1. The molecule has 0 atom stereocenters. The van der Waals surface area contributed by atoms with Crippen molar-refractivity contribution >= 4 is 43.9 Å². The van der Waals surface area contributed by atoms with E-state index in [2.05, 4.69) is 85.8 Å². The fourth-order valence-corrected chi connectivity index (χ4v) is 7.04. The van der Waals surface area contributed by atoms with Crippen LogP contribution in [0.4, 0.5) is 0 Å². The van der Waals surface area contributed by atoms with Crippen LogP contribution in [0, 0.1) is 6.92 Å². The van der Waals surface area contributed by atoms with Crippen molar-refractivity contribution in [1.82, 2.24) is 29.9 Å². The SMILES string of the molecule is Cc1c2nc(c(-c3ccccc3)c3[n-]c(nc4nc(nc5[n-]c1c1ccccc51)-c1ccccc1-4)c1ccccc31)-c1ccccc1-2.[Zn+2]. The van der Waals surface area contributed by atoms with Gasteiger partial charge >= 0.3 is 19.5 Å². The van der Waals surface area contributed by atoms with Crippen LogP contribution >= 0.6 is 0 Å². The number of rotatable bonds is 1. The Labute approximate surface area is 288 Å². The summed E-state index contributed by atoms with van der Waals surface area (Å²) in [7, 11) is 0. The van der Waals surface area contributed by atoms with Crippen molar-refractivity contribution in [2.45, 2.75) is 6.92 Å². The maximum absolute atomic E-state index is 5.47. The molecule has 5 aromatic carbocycles.